The summed E-state index contributed by atoms with van der Waals surface area (Å²) in [4.78, 5) is 7.72. The van der Waals surface area contributed by atoms with Crippen LogP contribution in [0.2, 0.25) is 0 Å². The lowest BCUT2D eigenvalue weighted by Gasteiger charge is -2.10. The maximum atomic E-state index is 9.02. The van der Waals surface area contributed by atoms with Gasteiger partial charge in [0.05, 0.1) is 11.8 Å². The molecule has 15 heavy (non-hydrogen) atoms. The van der Waals surface area contributed by atoms with Gasteiger partial charge in [-0.1, -0.05) is 13.8 Å². The average molecular weight is 205 g/mol. The summed E-state index contributed by atoms with van der Waals surface area (Å²) in [5.74, 6) is 1.36. The van der Waals surface area contributed by atoms with Crippen LogP contribution in [0.4, 0.5) is 0 Å². The molecular formula is C12H19N3. The van der Waals surface area contributed by atoms with E-state index in [1.807, 2.05) is 20.8 Å². The third-order valence-corrected chi connectivity index (χ3v) is 2.46. The van der Waals surface area contributed by atoms with Gasteiger partial charge >= 0.3 is 0 Å². The minimum Gasteiger partial charge on any atom is -0.345 e. The van der Waals surface area contributed by atoms with Crippen LogP contribution in [0.5, 0.6) is 0 Å². The van der Waals surface area contributed by atoms with Crippen molar-refractivity contribution in [2.45, 2.75) is 46.5 Å². The molecule has 1 N–H and O–H groups in total. The van der Waals surface area contributed by atoms with Crippen LogP contribution in [0.15, 0.2) is 0 Å². The zero-order valence-corrected chi connectivity index (χ0v) is 10.2. The number of aromatic nitrogens is 2. The van der Waals surface area contributed by atoms with Crippen molar-refractivity contribution >= 4 is 0 Å². The summed E-state index contributed by atoms with van der Waals surface area (Å²) in [7, 11) is 0. The molecule has 3 heteroatoms. The fourth-order valence-electron chi connectivity index (χ4n) is 1.43. The maximum absolute atomic E-state index is 9.02. The number of hydrogen-bond donors (Lipinski definition) is 1. The fraction of sp³-hybridized carbons (Fsp3) is 0.667. The van der Waals surface area contributed by atoms with Crippen LogP contribution in [0.25, 0.3) is 0 Å². The fourth-order valence-corrected chi connectivity index (χ4v) is 1.43. The second-order valence-electron chi connectivity index (χ2n) is 4.99. The number of imidazole rings is 1. The van der Waals surface area contributed by atoms with Gasteiger partial charge in [0.15, 0.2) is 0 Å². The summed E-state index contributed by atoms with van der Waals surface area (Å²) in [5, 5.41) is 9.02. The van der Waals surface area contributed by atoms with Crippen LogP contribution in [-0.2, 0) is 11.8 Å². The summed E-state index contributed by atoms with van der Waals surface area (Å²) in [5.41, 5.74) is 1.64. The molecule has 1 rings (SSSR count). The van der Waals surface area contributed by atoms with Gasteiger partial charge < -0.3 is 4.98 Å². The second-order valence-corrected chi connectivity index (χ2v) is 4.99. The molecule has 0 aliphatic carbocycles. The zero-order chi connectivity index (χ0) is 11.6. The molecular weight excluding hydrogens is 186 g/mol. The van der Waals surface area contributed by atoms with Gasteiger partial charge in [-0.25, -0.2) is 4.98 Å². The lowest BCUT2D eigenvalue weighted by atomic mass is 9.95. The van der Waals surface area contributed by atoms with Gasteiger partial charge in [0.25, 0.3) is 0 Å². The van der Waals surface area contributed by atoms with E-state index in [-0.39, 0.29) is 0 Å². The summed E-state index contributed by atoms with van der Waals surface area (Å²) < 4.78 is 0. The van der Waals surface area contributed by atoms with E-state index >= 15 is 0 Å². The van der Waals surface area contributed by atoms with Gasteiger partial charge in [0.1, 0.15) is 11.2 Å². The van der Waals surface area contributed by atoms with E-state index in [0.717, 1.165) is 23.6 Å². The summed E-state index contributed by atoms with van der Waals surface area (Å²) in [6.07, 6.45) is 0.962. The highest BCUT2D eigenvalue weighted by Crippen LogP contribution is 2.21. The predicted molar refractivity (Wildman–Crippen MR) is 60.5 cm³/mol. The number of nitriles is 1. The molecule has 0 aliphatic rings. The number of H-pyrrole nitrogens is 1. The lowest BCUT2D eigenvalue weighted by molar-refractivity contribution is 0.617. The van der Waals surface area contributed by atoms with Gasteiger partial charge in [-0.2, -0.15) is 5.26 Å². The van der Waals surface area contributed by atoms with E-state index in [0.29, 0.717) is 5.92 Å². The minimum atomic E-state index is -0.528. The normalized spacial score (nSPS) is 11.8. The third-order valence-electron chi connectivity index (χ3n) is 2.46. The Balaban J connectivity index is 3.02. The molecule has 0 amide bonds. The standard InChI is InChI=1S/C12H19N3/c1-8(2)6-10-9(3)14-11(15-10)12(4,5)7-13/h8H,6H2,1-5H3,(H,14,15). The molecule has 1 aromatic rings. The molecule has 3 nitrogen and oxygen atoms in total. The molecule has 1 heterocycles. The van der Waals surface area contributed by atoms with Crippen LogP contribution in [0.3, 0.4) is 0 Å². The van der Waals surface area contributed by atoms with Crippen LogP contribution in [-0.4, -0.2) is 9.97 Å². The molecule has 0 bridgehead atoms. The highest BCUT2D eigenvalue weighted by Gasteiger charge is 2.24. The average Bonchev–Trinajstić information content (AvgIpc) is 2.48. The zero-order valence-electron chi connectivity index (χ0n) is 10.2. The molecule has 0 aliphatic heterocycles. The van der Waals surface area contributed by atoms with Crippen LogP contribution in [0, 0.1) is 24.2 Å². The Morgan fingerprint density at radius 2 is 2.07 bits per heavy atom. The highest BCUT2D eigenvalue weighted by molar-refractivity contribution is 5.23. The van der Waals surface area contributed by atoms with Crippen molar-refractivity contribution in [3.05, 3.63) is 17.2 Å². The van der Waals surface area contributed by atoms with Gasteiger partial charge in [-0.05, 0) is 33.1 Å². The van der Waals surface area contributed by atoms with Gasteiger partial charge in [0.2, 0.25) is 0 Å². The number of nitrogens with one attached hydrogen (secondary N) is 1. The Kier molecular flexibility index (Phi) is 3.18. The minimum absolute atomic E-state index is 0.528. The van der Waals surface area contributed by atoms with Crippen molar-refractivity contribution < 1.29 is 0 Å². The molecule has 0 saturated carbocycles. The first-order chi connectivity index (χ1) is 6.86. The second kappa shape index (κ2) is 4.06. The van der Waals surface area contributed by atoms with E-state index < -0.39 is 5.41 Å². The molecule has 0 atom stereocenters. The van der Waals surface area contributed by atoms with Crippen molar-refractivity contribution in [2.24, 2.45) is 5.92 Å². The van der Waals surface area contributed by atoms with Crippen molar-refractivity contribution in [2.75, 3.05) is 0 Å². The lowest BCUT2D eigenvalue weighted by Crippen LogP contribution is -2.16. The van der Waals surface area contributed by atoms with E-state index in [1.165, 1.54) is 0 Å². The summed E-state index contributed by atoms with van der Waals surface area (Å²) >= 11 is 0. The number of hydrogen-bond acceptors (Lipinski definition) is 2. The quantitative estimate of drug-likeness (QED) is 0.824. The molecule has 0 spiro atoms. The molecule has 1 aromatic heterocycles. The SMILES string of the molecule is Cc1[nH]c(C(C)(C)C#N)nc1CC(C)C. The number of aryl methyl sites for hydroxylation is 1. The topological polar surface area (TPSA) is 52.5 Å². The Morgan fingerprint density at radius 3 is 2.53 bits per heavy atom. The first-order valence-electron chi connectivity index (χ1n) is 5.34. The van der Waals surface area contributed by atoms with Crippen LogP contribution in [0.1, 0.15) is 44.9 Å². The first-order valence-corrected chi connectivity index (χ1v) is 5.34. The monoisotopic (exact) mass is 205 g/mol. The number of rotatable bonds is 3. The van der Waals surface area contributed by atoms with Crippen molar-refractivity contribution in [3.63, 3.8) is 0 Å². The van der Waals surface area contributed by atoms with Gasteiger partial charge in [-0.3, -0.25) is 0 Å². The molecule has 0 fully saturated rings. The molecule has 0 aromatic carbocycles. The Morgan fingerprint density at radius 1 is 1.47 bits per heavy atom. The molecule has 0 saturated heterocycles. The molecule has 0 radical (unpaired) electrons. The summed E-state index contributed by atoms with van der Waals surface area (Å²) in [6.45, 7) is 10.1. The number of aromatic amines is 1. The first kappa shape index (κ1) is 11.8. The Hall–Kier alpha value is -1.30. The van der Waals surface area contributed by atoms with Crippen molar-refractivity contribution in [1.29, 1.82) is 5.26 Å². The van der Waals surface area contributed by atoms with Crippen molar-refractivity contribution in [3.8, 4) is 6.07 Å². The highest BCUT2D eigenvalue weighted by atomic mass is 14.9. The summed E-state index contributed by atoms with van der Waals surface area (Å²) in [6, 6.07) is 2.26. The molecule has 82 valence electrons. The maximum Gasteiger partial charge on any atom is 0.126 e. The molecule has 0 unspecified atom stereocenters. The third kappa shape index (κ3) is 2.59. The predicted octanol–water partition coefficient (Wildman–Crippen LogP) is 2.72. The van der Waals surface area contributed by atoms with Gasteiger partial charge in [-0.15, -0.1) is 0 Å². The van der Waals surface area contributed by atoms with E-state index in [9.17, 15) is 0 Å². The van der Waals surface area contributed by atoms with E-state index in [4.69, 9.17) is 5.26 Å². The largest absolute Gasteiger partial charge is 0.345 e. The smallest absolute Gasteiger partial charge is 0.126 e. The number of nitrogens with zero attached hydrogens (tertiary/aromatic N) is 2. The van der Waals surface area contributed by atoms with E-state index in [2.05, 4.69) is 29.9 Å². The van der Waals surface area contributed by atoms with Crippen LogP contribution >= 0.6 is 0 Å². The van der Waals surface area contributed by atoms with Crippen LogP contribution < -0.4 is 0 Å². The Bertz CT molecular complexity index is 380. The van der Waals surface area contributed by atoms with Crippen molar-refractivity contribution in [1.82, 2.24) is 9.97 Å². The van der Waals surface area contributed by atoms with E-state index in [1.54, 1.807) is 0 Å². The van der Waals surface area contributed by atoms with Gasteiger partial charge in [0, 0.05) is 5.69 Å². The Labute approximate surface area is 91.5 Å².